The van der Waals surface area contributed by atoms with Crippen LogP contribution in [0, 0.1) is 5.92 Å². The lowest BCUT2D eigenvalue weighted by Gasteiger charge is -2.25. The molecule has 1 spiro atoms. The molecule has 0 bridgehead atoms. The Bertz CT molecular complexity index is 194. The molecule has 2 rings (SSSR count). The monoisotopic (exact) mass is 204 g/mol. The maximum absolute atomic E-state index is 10.9. The molecule has 0 amide bonds. The summed E-state index contributed by atoms with van der Waals surface area (Å²) in [7, 11) is 3.67. The maximum Gasteiger partial charge on any atom is 0.307 e. The van der Waals surface area contributed by atoms with Gasteiger partial charge in [-0.2, -0.15) is 0 Å². The molecular formula is C8H12O2S2. The summed E-state index contributed by atoms with van der Waals surface area (Å²) >= 11 is 0. The van der Waals surface area contributed by atoms with Gasteiger partial charge >= 0.3 is 5.97 Å². The Hall–Kier alpha value is 0.170. The van der Waals surface area contributed by atoms with Crippen LogP contribution in [0.2, 0.25) is 0 Å². The van der Waals surface area contributed by atoms with E-state index in [9.17, 15) is 4.79 Å². The van der Waals surface area contributed by atoms with E-state index >= 15 is 0 Å². The number of hydrogen-bond acceptors (Lipinski definition) is 3. The molecule has 1 aliphatic carbocycles. The second kappa shape index (κ2) is 3.14. The Morgan fingerprint density at radius 3 is 2.92 bits per heavy atom. The van der Waals surface area contributed by atoms with Crippen molar-refractivity contribution in [3.8, 4) is 0 Å². The summed E-state index contributed by atoms with van der Waals surface area (Å²) in [6.45, 7) is 0. The number of hydrogen-bond donors (Lipinski definition) is 1. The lowest BCUT2D eigenvalue weighted by atomic mass is 9.92. The van der Waals surface area contributed by atoms with Gasteiger partial charge in [-0.15, -0.1) is 0 Å². The van der Waals surface area contributed by atoms with Gasteiger partial charge in [-0.1, -0.05) is 28.0 Å². The lowest BCUT2D eigenvalue weighted by Crippen LogP contribution is -2.32. The summed E-state index contributed by atoms with van der Waals surface area (Å²) in [5, 5.41) is 9.02. The van der Waals surface area contributed by atoms with Crippen LogP contribution in [0.5, 0.6) is 0 Å². The van der Waals surface area contributed by atoms with Crippen molar-refractivity contribution in [1.82, 2.24) is 0 Å². The third-order valence-corrected chi connectivity index (χ3v) is 6.22. The average Bonchev–Trinajstić information content (AvgIpc) is 2.61. The number of rotatable bonds is 1. The van der Waals surface area contributed by atoms with E-state index in [-0.39, 0.29) is 10.7 Å². The van der Waals surface area contributed by atoms with Crippen molar-refractivity contribution in [2.24, 2.45) is 5.92 Å². The van der Waals surface area contributed by atoms with E-state index in [4.69, 9.17) is 5.11 Å². The number of carboxylic acid groups (broad SMARTS) is 1. The highest BCUT2D eigenvalue weighted by atomic mass is 33.1. The van der Waals surface area contributed by atoms with E-state index in [0.717, 1.165) is 31.4 Å². The normalized spacial score (nSPS) is 40.8. The van der Waals surface area contributed by atoms with Gasteiger partial charge in [-0.05, 0) is 19.3 Å². The molecule has 2 fully saturated rings. The molecule has 1 N–H and O–H groups in total. The van der Waals surface area contributed by atoms with Crippen LogP contribution in [0.4, 0.5) is 0 Å². The molecule has 0 aromatic rings. The van der Waals surface area contributed by atoms with Crippen LogP contribution in [-0.4, -0.2) is 21.6 Å². The van der Waals surface area contributed by atoms with Crippen LogP contribution in [0.15, 0.2) is 0 Å². The summed E-state index contributed by atoms with van der Waals surface area (Å²) in [6.07, 6.45) is 4.20. The van der Waals surface area contributed by atoms with Crippen LogP contribution < -0.4 is 0 Å². The van der Waals surface area contributed by atoms with Crippen LogP contribution >= 0.6 is 21.6 Å². The van der Waals surface area contributed by atoms with E-state index < -0.39 is 5.97 Å². The van der Waals surface area contributed by atoms with Gasteiger partial charge in [-0.3, -0.25) is 4.79 Å². The fourth-order valence-corrected chi connectivity index (χ4v) is 5.90. The smallest absolute Gasteiger partial charge is 0.307 e. The minimum Gasteiger partial charge on any atom is -0.481 e. The third kappa shape index (κ3) is 1.25. The first kappa shape index (κ1) is 8.75. The van der Waals surface area contributed by atoms with Gasteiger partial charge in [0.15, 0.2) is 0 Å². The van der Waals surface area contributed by atoms with Crippen molar-refractivity contribution in [2.75, 3.05) is 5.75 Å². The highest BCUT2D eigenvalue weighted by Gasteiger charge is 2.49. The predicted molar refractivity (Wildman–Crippen MR) is 52.4 cm³/mol. The number of aliphatic carboxylic acids is 1. The highest BCUT2D eigenvalue weighted by molar-refractivity contribution is 8.77. The Kier molecular flexibility index (Phi) is 2.29. The van der Waals surface area contributed by atoms with Crippen LogP contribution in [0.3, 0.4) is 0 Å². The Morgan fingerprint density at radius 2 is 2.33 bits per heavy atom. The van der Waals surface area contributed by atoms with E-state index in [0.29, 0.717) is 0 Å². The molecule has 68 valence electrons. The van der Waals surface area contributed by atoms with Gasteiger partial charge in [0.2, 0.25) is 0 Å². The van der Waals surface area contributed by atoms with Crippen molar-refractivity contribution < 1.29 is 9.90 Å². The molecule has 2 aliphatic rings. The lowest BCUT2D eigenvalue weighted by molar-refractivity contribution is -0.142. The standard InChI is InChI=1S/C8H12O2S2/c9-7(10)6-2-1-3-8(6)4-5-11-12-8/h6H,1-5H2,(H,9,10). The topological polar surface area (TPSA) is 37.3 Å². The zero-order chi connectivity index (χ0) is 8.60. The largest absolute Gasteiger partial charge is 0.481 e. The Morgan fingerprint density at radius 1 is 1.50 bits per heavy atom. The zero-order valence-electron chi connectivity index (χ0n) is 6.78. The molecule has 1 heterocycles. The maximum atomic E-state index is 10.9. The fourth-order valence-electron chi connectivity index (χ4n) is 2.21. The van der Waals surface area contributed by atoms with Gasteiger partial charge in [-0.25, -0.2) is 0 Å². The van der Waals surface area contributed by atoms with Gasteiger partial charge in [0.1, 0.15) is 0 Å². The molecule has 4 heteroatoms. The van der Waals surface area contributed by atoms with Gasteiger partial charge in [0.25, 0.3) is 0 Å². The Balaban J connectivity index is 2.17. The average molecular weight is 204 g/mol. The first-order valence-electron chi connectivity index (χ1n) is 4.28. The SMILES string of the molecule is O=C(O)C1CCCC12CCSS2. The van der Waals surface area contributed by atoms with Crippen molar-refractivity contribution >= 4 is 27.6 Å². The van der Waals surface area contributed by atoms with Gasteiger partial charge in [0, 0.05) is 10.5 Å². The number of carbonyl (C=O) groups is 1. The molecule has 2 atom stereocenters. The molecule has 2 nitrogen and oxygen atoms in total. The highest BCUT2D eigenvalue weighted by Crippen LogP contribution is 2.58. The summed E-state index contributed by atoms with van der Waals surface area (Å²) < 4.78 is 0.108. The van der Waals surface area contributed by atoms with Crippen molar-refractivity contribution in [3.05, 3.63) is 0 Å². The summed E-state index contributed by atoms with van der Waals surface area (Å²) in [4.78, 5) is 10.9. The number of carboxylic acids is 1. The molecule has 0 radical (unpaired) electrons. The van der Waals surface area contributed by atoms with E-state index in [1.807, 2.05) is 21.6 Å². The molecule has 1 saturated carbocycles. The van der Waals surface area contributed by atoms with Crippen molar-refractivity contribution in [2.45, 2.75) is 30.4 Å². The first-order valence-corrected chi connectivity index (χ1v) is 6.60. The minimum absolute atomic E-state index is 0.0718. The van der Waals surface area contributed by atoms with Crippen LogP contribution in [0.1, 0.15) is 25.7 Å². The van der Waals surface area contributed by atoms with Crippen LogP contribution in [0.25, 0.3) is 0 Å². The molecule has 1 saturated heterocycles. The molecule has 2 unspecified atom stereocenters. The molecular weight excluding hydrogens is 192 g/mol. The second-order valence-corrected chi connectivity index (χ2v) is 6.33. The molecule has 0 aromatic heterocycles. The van der Waals surface area contributed by atoms with E-state index in [1.54, 1.807) is 0 Å². The first-order chi connectivity index (χ1) is 5.75. The molecule has 1 aliphatic heterocycles. The van der Waals surface area contributed by atoms with Crippen molar-refractivity contribution in [3.63, 3.8) is 0 Å². The second-order valence-electron chi connectivity index (χ2n) is 3.50. The third-order valence-electron chi connectivity index (χ3n) is 2.86. The van der Waals surface area contributed by atoms with Gasteiger partial charge < -0.3 is 5.11 Å². The van der Waals surface area contributed by atoms with E-state index in [2.05, 4.69) is 0 Å². The van der Waals surface area contributed by atoms with E-state index in [1.165, 1.54) is 0 Å². The predicted octanol–water partition coefficient (Wildman–Crippen LogP) is 2.40. The van der Waals surface area contributed by atoms with Crippen molar-refractivity contribution in [1.29, 1.82) is 0 Å². The molecule has 0 aromatic carbocycles. The zero-order valence-corrected chi connectivity index (χ0v) is 8.42. The fraction of sp³-hybridized carbons (Fsp3) is 0.875. The quantitative estimate of drug-likeness (QED) is 0.665. The molecule has 12 heavy (non-hydrogen) atoms. The van der Waals surface area contributed by atoms with Crippen LogP contribution in [-0.2, 0) is 4.79 Å². The summed E-state index contributed by atoms with van der Waals surface area (Å²) in [5.74, 6) is 0.481. The van der Waals surface area contributed by atoms with Gasteiger partial charge in [0.05, 0.1) is 5.92 Å². The summed E-state index contributed by atoms with van der Waals surface area (Å²) in [6, 6.07) is 0. The summed E-state index contributed by atoms with van der Waals surface area (Å²) in [5.41, 5.74) is 0. The Labute approximate surface area is 79.9 Å². The minimum atomic E-state index is -0.581.